The highest BCUT2D eigenvalue weighted by Gasteiger charge is 2.20. The highest BCUT2D eigenvalue weighted by molar-refractivity contribution is 7.18. The maximum atomic E-state index is 11.0. The summed E-state index contributed by atoms with van der Waals surface area (Å²) in [5, 5.41) is 11.8. The Balaban J connectivity index is 2.18. The zero-order chi connectivity index (χ0) is 15.9. The van der Waals surface area contributed by atoms with Gasteiger partial charge in [0, 0.05) is 4.88 Å². The van der Waals surface area contributed by atoms with Crippen LogP contribution in [0.5, 0.6) is 11.6 Å². The normalized spacial score (nSPS) is 10.9. The van der Waals surface area contributed by atoms with Crippen LogP contribution in [-0.2, 0) is 0 Å². The van der Waals surface area contributed by atoms with Crippen molar-refractivity contribution in [2.75, 3.05) is 0 Å². The monoisotopic (exact) mass is 316 g/mol. The molecule has 0 aliphatic carbocycles. The molecule has 0 spiro atoms. The molecule has 0 aliphatic rings. The van der Waals surface area contributed by atoms with Crippen LogP contribution in [0.4, 0.5) is 5.82 Å². The van der Waals surface area contributed by atoms with Gasteiger partial charge in [-0.05, 0) is 48.4 Å². The number of hydrogen-bond donors (Lipinski definition) is 0. The van der Waals surface area contributed by atoms with Crippen molar-refractivity contribution in [1.29, 1.82) is 0 Å². The van der Waals surface area contributed by atoms with Gasteiger partial charge in [0.15, 0.2) is 0 Å². The molecule has 0 amide bonds. The van der Waals surface area contributed by atoms with Crippen molar-refractivity contribution in [3.8, 4) is 11.6 Å². The molecule has 112 valence electrons. The van der Waals surface area contributed by atoms with E-state index in [1.54, 1.807) is 24.3 Å². The van der Waals surface area contributed by atoms with Gasteiger partial charge in [-0.1, -0.05) is 0 Å². The smallest absolute Gasteiger partial charge is 0.406 e. The van der Waals surface area contributed by atoms with Gasteiger partial charge in [0.05, 0.1) is 5.39 Å². The summed E-state index contributed by atoms with van der Waals surface area (Å²) in [4.78, 5) is 24.8. The molecule has 0 bridgehead atoms. The molecule has 8 heteroatoms. The minimum Gasteiger partial charge on any atom is -0.429 e. The summed E-state index contributed by atoms with van der Waals surface area (Å²) in [6.45, 7) is 5.71. The van der Waals surface area contributed by atoms with Crippen molar-refractivity contribution < 1.29 is 9.66 Å². The Bertz CT molecular complexity index is 891. The number of nitrogens with zero attached hydrogens (tertiary/aromatic N) is 4. The lowest BCUT2D eigenvalue weighted by Gasteiger charge is -2.07. The molecule has 0 atom stereocenters. The molecule has 7 nitrogen and oxygen atoms in total. The van der Waals surface area contributed by atoms with E-state index in [0.29, 0.717) is 11.7 Å². The van der Waals surface area contributed by atoms with E-state index < -0.39 is 4.92 Å². The number of hydrogen-bond acceptors (Lipinski definition) is 7. The molecule has 0 radical (unpaired) electrons. The van der Waals surface area contributed by atoms with E-state index in [0.717, 1.165) is 20.7 Å². The van der Waals surface area contributed by atoms with Crippen LogP contribution in [0.2, 0.25) is 0 Å². The molecular weight excluding hydrogens is 304 g/mol. The zero-order valence-electron chi connectivity index (χ0n) is 12.2. The van der Waals surface area contributed by atoms with Crippen molar-refractivity contribution in [1.82, 2.24) is 15.0 Å². The van der Waals surface area contributed by atoms with Crippen molar-refractivity contribution >= 4 is 27.4 Å². The van der Waals surface area contributed by atoms with Crippen LogP contribution < -0.4 is 4.74 Å². The van der Waals surface area contributed by atoms with Gasteiger partial charge in [0.1, 0.15) is 16.9 Å². The molecule has 3 aromatic heterocycles. The second-order valence-electron chi connectivity index (χ2n) is 4.72. The number of aromatic nitrogens is 3. The lowest BCUT2D eigenvalue weighted by Crippen LogP contribution is -1.99. The van der Waals surface area contributed by atoms with Crippen molar-refractivity contribution in [2.45, 2.75) is 20.8 Å². The predicted molar refractivity (Wildman–Crippen MR) is 82.6 cm³/mol. The Kier molecular flexibility index (Phi) is 3.45. The van der Waals surface area contributed by atoms with Crippen LogP contribution in [0.15, 0.2) is 18.3 Å². The summed E-state index contributed by atoms with van der Waals surface area (Å²) in [7, 11) is 0. The lowest BCUT2D eigenvalue weighted by molar-refractivity contribution is -0.390. The van der Waals surface area contributed by atoms with Gasteiger partial charge in [0.2, 0.25) is 11.6 Å². The van der Waals surface area contributed by atoms with Crippen LogP contribution in [0.25, 0.3) is 10.2 Å². The molecule has 0 N–H and O–H groups in total. The van der Waals surface area contributed by atoms with Crippen LogP contribution in [0.1, 0.15) is 16.3 Å². The van der Waals surface area contributed by atoms with Crippen LogP contribution >= 0.6 is 11.3 Å². The van der Waals surface area contributed by atoms with E-state index in [9.17, 15) is 10.1 Å². The Morgan fingerprint density at radius 2 is 2.05 bits per heavy atom. The van der Waals surface area contributed by atoms with Crippen LogP contribution in [0, 0.1) is 30.9 Å². The SMILES string of the molecule is Cc1nc(Oc2cccnc2[N+](=O)[O-])c2c(C)c(C)sc2n1. The van der Waals surface area contributed by atoms with Gasteiger partial charge in [-0.3, -0.25) is 0 Å². The number of aryl methyl sites for hydroxylation is 3. The Morgan fingerprint density at radius 3 is 2.77 bits per heavy atom. The number of pyridine rings is 1. The van der Waals surface area contributed by atoms with Crippen LogP contribution in [-0.4, -0.2) is 19.9 Å². The fraction of sp³-hybridized carbons (Fsp3) is 0.214. The first-order valence-electron chi connectivity index (χ1n) is 6.49. The molecule has 0 aromatic carbocycles. The summed E-state index contributed by atoms with van der Waals surface area (Å²) < 4.78 is 5.71. The fourth-order valence-corrected chi connectivity index (χ4v) is 3.16. The number of nitro groups is 1. The Hall–Kier alpha value is -2.61. The van der Waals surface area contributed by atoms with Crippen LogP contribution in [0.3, 0.4) is 0 Å². The van der Waals surface area contributed by atoms with E-state index >= 15 is 0 Å². The average molecular weight is 316 g/mol. The zero-order valence-corrected chi connectivity index (χ0v) is 13.0. The Labute approximate surface area is 129 Å². The van der Waals surface area contributed by atoms with Crippen molar-refractivity contribution in [2.24, 2.45) is 0 Å². The first-order chi connectivity index (χ1) is 10.5. The van der Waals surface area contributed by atoms with E-state index in [1.165, 1.54) is 12.3 Å². The summed E-state index contributed by atoms with van der Waals surface area (Å²) in [5.74, 6) is 0.599. The number of rotatable bonds is 3. The largest absolute Gasteiger partial charge is 0.429 e. The van der Waals surface area contributed by atoms with Gasteiger partial charge >= 0.3 is 5.82 Å². The van der Waals surface area contributed by atoms with Gasteiger partial charge in [-0.25, -0.2) is 4.98 Å². The molecule has 0 unspecified atom stereocenters. The third kappa shape index (κ3) is 2.37. The first-order valence-corrected chi connectivity index (χ1v) is 7.30. The maximum absolute atomic E-state index is 11.0. The molecule has 0 saturated heterocycles. The third-order valence-electron chi connectivity index (χ3n) is 3.24. The molecule has 0 aliphatic heterocycles. The summed E-state index contributed by atoms with van der Waals surface area (Å²) in [6.07, 6.45) is 1.35. The molecular formula is C14H12N4O3S. The highest BCUT2D eigenvalue weighted by Crippen LogP contribution is 2.37. The Morgan fingerprint density at radius 1 is 1.27 bits per heavy atom. The molecule has 3 heterocycles. The third-order valence-corrected chi connectivity index (χ3v) is 4.34. The molecule has 22 heavy (non-hydrogen) atoms. The predicted octanol–water partition coefficient (Wildman–Crippen LogP) is 3.71. The summed E-state index contributed by atoms with van der Waals surface area (Å²) in [6, 6.07) is 3.09. The van der Waals surface area contributed by atoms with Crippen molar-refractivity contribution in [3.63, 3.8) is 0 Å². The number of thiophene rings is 1. The maximum Gasteiger partial charge on any atom is 0.406 e. The van der Waals surface area contributed by atoms with E-state index in [1.807, 2.05) is 13.8 Å². The number of ether oxygens (including phenoxy) is 1. The highest BCUT2D eigenvalue weighted by atomic mass is 32.1. The van der Waals surface area contributed by atoms with Crippen molar-refractivity contribution in [3.05, 3.63) is 44.7 Å². The standard InChI is InChI=1S/C14H12N4O3S/c1-7-8(2)22-14-11(7)13(16-9(3)17-14)21-10-5-4-6-15-12(10)18(19)20/h4-6H,1-3H3. The average Bonchev–Trinajstić information content (AvgIpc) is 2.74. The fourth-order valence-electron chi connectivity index (χ4n) is 2.09. The minimum atomic E-state index is -0.577. The second-order valence-corrected chi connectivity index (χ2v) is 5.93. The first kappa shape index (κ1) is 14.3. The number of fused-ring (bicyclic) bond motifs is 1. The quantitative estimate of drug-likeness (QED) is 0.540. The van der Waals surface area contributed by atoms with E-state index in [2.05, 4.69) is 15.0 Å². The lowest BCUT2D eigenvalue weighted by atomic mass is 10.2. The second kappa shape index (κ2) is 5.30. The molecule has 0 saturated carbocycles. The summed E-state index contributed by atoms with van der Waals surface area (Å²) >= 11 is 1.55. The van der Waals surface area contributed by atoms with Gasteiger partial charge < -0.3 is 14.9 Å². The molecule has 3 aromatic rings. The van der Waals surface area contributed by atoms with Gasteiger partial charge in [0.25, 0.3) is 0 Å². The topological polar surface area (TPSA) is 91.0 Å². The van der Waals surface area contributed by atoms with Gasteiger partial charge in [-0.15, -0.1) is 11.3 Å². The molecule has 0 fully saturated rings. The van der Waals surface area contributed by atoms with E-state index in [-0.39, 0.29) is 11.6 Å². The minimum absolute atomic E-state index is 0.0650. The molecule has 3 rings (SSSR count). The summed E-state index contributed by atoms with van der Waals surface area (Å²) in [5.41, 5.74) is 1.02. The van der Waals surface area contributed by atoms with E-state index in [4.69, 9.17) is 4.74 Å². The van der Waals surface area contributed by atoms with Gasteiger partial charge in [-0.2, -0.15) is 4.98 Å².